The lowest BCUT2D eigenvalue weighted by Gasteiger charge is -2.27. The molecule has 2 heterocycles. The monoisotopic (exact) mass is 231 g/mol. The summed E-state index contributed by atoms with van der Waals surface area (Å²) < 4.78 is 5.44. The Balaban J connectivity index is 1.82. The standard InChI is InChI=1S/C15H21NO/c1-11-2-3-14-10-13(4-5-15(14)16-11)12-6-8-17-9-7-12/h4-5,10-12,16H,2-3,6-9H2,1H3. The minimum Gasteiger partial charge on any atom is -0.382 e. The first-order valence-corrected chi connectivity index (χ1v) is 6.80. The highest BCUT2D eigenvalue weighted by Crippen LogP contribution is 2.32. The summed E-state index contributed by atoms with van der Waals surface area (Å²) in [4.78, 5) is 0. The van der Waals surface area contributed by atoms with Gasteiger partial charge in [0, 0.05) is 24.9 Å². The van der Waals surface area contributed by atoms with Gasteiger partial charge in [-0.25, -0.2) is 0 Å². The second-order valence-electron chi connectivity index (χ2n) is 5.39. The average molecular weight is 231 g/mol. The lowest BCUT2D eigenvalue weighted by atomic mass is 9.88. The normalized spacial score (nSPS) is 25.1. The van der Waals surface area contributed by atoms with Gasteiger partial charge in [0.2, 0.25) is 0 Å². The van der Waals surface area contributed by atoms with E-state index in [0.717, 1.165) is 13.2 Å². The Labute approximate surface area is 103 Å². The Kier molecular flexibility index (Phi) is 3.06. The van der Waals surface area contributed by atoms with Crippen LogP contribution in [-0.4, -0.2) is 19.3 Å². The third-order valence-corrected chi connectivity index (χ3v) is 4.07. The van der Waals surface area contributed by atoms with Crippen LogP contribution in [0.15, 0.2) is 18.2 Å². The van der Waals surface area contributed by atoms with E-state index in [0.29, 0.717) is 12.0 Å². The summed E-state index contributed by atoms with van der Waals surface area (Å²) in [6.45, 7) is 4.11. The van der Waals surface area contributed by atoms with Crippen molar-refractivity contribution < 1.29 is 4.74 Å². The Bertz CT molecular complexity index is 396. The van der Waals surface area contributed by atoms with Crippen molar-refractivity contribution in [3.63, 3.8) is 0 Å². The zero-order valence-corrected chi connectivity index (χ0v) is 10.5. The van der Waals surface area contributed by atoms with Crippen LogP contribution in [0.25, 0.3) is 0 Å². The van der Waals surface area contributed by atoms with Crippen molar-refractivity contribution in [2.24, 2.45) is 0 Å². The first-order valence-electron chi connectivity index (χ1n) is 6.80. The predicted molar refractivity (Wildman–Crippen MR) is 70.6 cm³/mol. The van der Waals surface area contributed by atoms with Crippen molar-refractivity contribution in [3.05, 3.63) is 29.3 Å². The molecule has 1 unspecified atom stereocenters. The molecule has 1 N–H and O–H groups in total. The van der Waals surface area contributed by atoms with Gasteiger partial charge in [0.1, 0.15) is 0 Å². The number of aryl methyl sites for hydroxylation is 1. The number of nitrogens with one attached hydrogen (secondary N) is 1. The van der Waals surface area contributed by atoms with E-state index in [4.69, 9.17) is 4.74 Å². The topological polar surface area (TPSA) is 21.3 Å². The molecule has 0 radical (unpaired) electrons. The number of anilines is 1. The maximum atomic E-state index is 5.44. The molecule has 2 nitrogen and oxygen atoms in total. The number of hydrogen-bond acceptors (Lipinski definition) is 2. The lowest BCUT2D eigenvalue weighted by Crippen LogP contribution is -2.22. The molecule has 3 rings (SSSR count). The van der Waals surface area contributed by atoms with E-state index in [9.17, 15) is 0 Å². The molecular formula is C15H21NO. The highest BCUT2D eigenvalue weighted by molar-refractivity contribution is 5.55. The fourth-order valence-corrected chi connectivity index (χ4v) is 2.96. The summed E-state index contributed by atoms with van der Waals surface area (Å²) >= 11 is 0. The second kappa shape index (κ2) is 4.69. The molecular weight excluding hydrogens is 210 g/mol. The molecule has 17 heavy (non-hydrogen) atoms. The lowest BCUT2D eigenvalue weighted by molar-refractivity contribution is 0.0853. The van der Waals surface area contributed by atoms with Crippen LogP contribution in [0.2, 0.25) is 0 Å². The van der Waals surface area contributed by atoms with Crippen molar-refractivity contribution in [2.75, 3.05) is 18.5 Å². The van der Waals surface area contributed by atoms with Crippen LogP contribution in [0.4, 0.5) is 5.69 Å². The van der Waals surface area contributed by atoms with E-state index < -0.39 is 0 Å². The highest BCUT2D eigenvalue weighted by Gasteiger charge is 2.19. The van der Waals surface area contributed by atoms with Crippen molar-refractivity contribution >= 4 is 5.69 Å². The Hall–Kier alpha value is -1.02. The van der Waals surface area contributed by atoms with Crippen molar-refractivity contribution in [2.45, 2.75) is 44.6 Å². The minimum absolute atomic E-state index is 0.622. The van der Waals surface area contributed by atoms with Gasteiger partial charge in [-0.2, -0.15) is 0 Å². The van der Waals surface area contributed by atoms with Crippen LogP contribution in [-0.2, 0) is 11.2 Å². The van der Waals surface area contributed by atoms with Gasteiger partial charge in [0.15, 0.2) is 0 Å². The van der Waals surface area contributed by atoms with Crippen LogP contribution < -0.4 is 5.32 Å². The Morgan fingerprint density at radius 1 is 1.18 bits per heavy atom. The SMILES string of the molecule is CC1CCc2cc(C3CCOCC3)ccc2N1. The van der Waals surface area contributed by atoms with Gasteiger partial charge in [-0.15, -0.1) is 0 Å². The van der Waals surface area contributed by atoms with Crippen molar-refractivity contribution in [1.29, 1.82) is 0 Å². The molecule has 1 aromatic carbocycles. The fraction of sp³-hybridized carbons (Fsp3) is 0.600. The van der Waals surface area contributed by atoms with E-state index >= 15 is 0 Å². The minimum atomic E-state index is 0.622. The van der Waals surface area contributed by atoms with E-state index in [1.54, 1.807) is 0 Å². The van der Waals surface area contributed by atoms with Gasteiger partial charge in [-0.3, -0.25) is 0 Å². The number of benzene rings is 1. The first kappa shape index (κ1) is 11.1. The summed E-state index contributed by atoms with van der Waals surface area (Å²) in [5, 5.41) is 3.57. The fourth-order valence-electron chi connectivity index (χ4n) is 2.96. The summed E-state index contributed by atoms with van der Waals surface area (Å²) in [6.07, 6.45) is 4.84. The highest BCUT2D eigenvalue weighted by atomic mass is 16.5. The van der Waals surface area contributed by atoms with Crippen LogP contribution >= 0.6 is 0 Å². The van der Waals surface area contributed by atoms with Gasteiger partial charge in [-0.1, -0.05) is 12.1 Å². The van der Waals surface area contributed by atoms with Crippen molar-refractivity contribution in [3.8, 4) is 0 Å². The van der Waals surface area contributed by atoms with Gasteiger partial charge in [0.25, 0.3) is 0 Å². The van der Waals surface area contributed by atoms with Crippen LogP contribution in [0.3, 0.4) is 0 Å². The summed E-state index contributed by atoms with van der Waals surface area (Å²) in [5.74, 6) is 0.716. The molecule has 2 heteroatoms. The van der Waals surface area contributed by atoms with E-state index in [1.807, 2.05) is 0 Å². The largest absolute Gasteiger partial charge is 0.382 e. The molecule has 0 aliphatic carbocycles. The molecule has 0 saturated carbocycles. The first-order chi connectivity index (χ1) is 8.33. The Morgan fingerprint density at radius 3 is 2.82 bits per heavy atom. The third kappa shape index (κ3) is 2.32. The van der Waals surface area contributed by atoms with Crippen molar-refractivity contribution in [1.82, 2.24) is 0 Å². The van der Waals surface area contributed by atoms with Crippen LogP contribution in [0.5, 0.6) is 0 Å². The molecule has 1 atom stereocenters. The molecule has 1 saturated heterocycles. The second-order valence-corrected chi connectivity index (χ2v) is 5.39. The maximum absolute atomic E-state index is 5.44. The zero-order valence-electron chi connectivity index (χ0n) is 10.5. The molecule has 2 aliphatic rings. The van der Waals surface area contributed by atoms with E-state index in [-0.39, 0.29) is 0 Å². The summed E-state index contributed by atoms with van der Waals surface area (Å²) in [6, 6.07) is 7.62. The van der Waals surface area contributed by atoms with E-state index in [1.165, 1.54) is 42.5 Å². The van der Waals surface area contributed by atoms with Gasteiger partial charge in [0.05, 0.1) is 0 Å². The molecule has 0 amide bonds. The predicted octanol–water partition coefficient (Wildman–Crippen LogP) is 3.33. The Morgan fingerprint density at radius 2 is 2.00 bits per heavy atom. The average Bonchev–Trinajstić information content (AvgIpc) is 2.39. The molecule has 0 spiro atoms. The maximum Gasteiger partial charge on any atom is 0.0471 e. The molecule has 0 aromatic heterocycles. The molecule has 1 aromatic rings. The van der Waals surface area contributed by atoms with E-state index in [2.05, 4.69) is 30.4 Å². The summed E-state index contributed by atoms with van der Waals surface area (Å²) in [5.41, 5.74) is 4.37. The van der Waals surface area contributed by atoms with Gasteiger partial charge >= 0.3 is 0 Å². The van der Waals surface area contributed by atoms with Crippen LogP contribution in [0, 0.1) is 0 Å². The summed E-state index contributed by atoms with van der Waals surface area (Å²) in [7, 11) is 0. The quantitative estimate of drug-likeness (QED) is 0.800. The third-order valence-electron chi connectivity index (χ3n) is 4.07. The van der Waals surface area contributed by atoms with Gasteiger partial charge in [-0.05, 0) is 55.7 Å². The smallest absolute Gasteiger partial charge is 0.0471 e. The number of rotatable bonds is 1. The number of hydrogen-bond donors (Lipinski definition) is 1. The molecule has 92 valence electrons. The molecule has 1 fully saturated rings. The van der Waals surface area contributed by atoms with Crippen LogP contribution in [0.1, 0.15) is 43.2 Å². The zero-order chi connectivity index (χ0) is 11.7. The van der Waals surface area contributed by atoms with Gasteiger partial charge < -0.3 is 10.1 Å². The molecule has 2 aliphatic heterocycles. The number of fused-ring (bicyclic) bond motifs is 1. The number of ether oxygens (including phenoxy) is 1. The molecule has 0 bridgehead atoms.